The van der Waals surface area contributed by atoms with Gasteiger partial charge in [0.05, 0.1) is 25.2 Å². The molecule has 0 aliphatic carbocycles. The van der Waals surface area contributed by atoms with E-state index in [1.807, 2.05) is 6.07 Å². The summed E-state index contributed by atoms with van der Waals surface area (Å²) >= 11 is 0. The van der Waals surface area contributed by atoms with E-state index in [4.69, 9.17) is 9.15 Å². The molecule has 1 N–H and O–H groups in total. The fraction of sp³-hybridized carbons (Fsp3) is 0.529. The van der Waals surface area contributed by atoms with Crippen LogP contribution in [0.2, 0.25) is 0 Å². The quantitative estimate of drug-likeness (QED) is 0.881. The number of aromatic nitrogens is 2. The summed E-state index contributed by atoms with van der Waals surface area (Å²) in [6.45, 7) is 4.20. The second kappa shape index (κ2) is 6.41. The lowest BCUT2D eigenvalue weighted by Gasteiger charge is -2.19. The number of nitrogens with one attached hydrogen (secondary N) is 1. The van der Waals surface area contributed by atoms with Crippen LogP contribution in [0, 0.1) is 11.8 Å². The maximum atomic E-state index is 12.2. The summed E-state index contributed by atoms with van der Waals surface area (Å²) < 4.78 is 12.7. The highest BCUT2D eigenvalue weighted by molar-refractivity contribution is 5.92. The number of hydrogen-bond acceptors (Lipinski definition) is 5. The Morgan fingerprint density at radius 1 is 1.42 bits per heavy atom. The summed E-state index contributed by atoms with van der Waals surface area (Å²) in [5.74, 6) is 0.761. The monoisotopic (exact) mass is 330 g/mol. The third-order valence-electron chi connectivity index (χ3n) is 5.08. The minimum absolute atomic E-state index is 0.0771. The topological polar surface area (TPSA) is 72.5 Å². The number of aryl methyl sites for hydroxylation is 1. The Bertz CT molecular complexity index is 697. The SMILES string of the molecule is Cn1nccc1C(=O)NC[C@@H]1CO[C@@H]2CN(Cc3ccoc3)C[C@H]12. The number of likely N-dealkylation sites (tertiary alicyclic amines) is 1. The molecule has 0 unspecified atom stereocenters. The highest BCUT2D eigenvalue weighted by Gasteiger charge is 2.43. The molecule has 2 aliphatic rings. The van der Waals surface area contributed by atoms with E-state index in [0.717, 1.165) is 26.2 Å². The third kappa shape index (κ3) is 2.97. The first-order valence-corrected chi connectivity index (χ1v) is 8.32. The molecule has 2 aromatic rings. The molecule has 7 nitrogen and oxygen atoms in total. The van der Waals surface area contributed by atoms with E-state index in [1.165, 1.54) is 5.56 Å². The summed E-state index contributed by atoms with van der Waals surface area (Å²) in [5.41, 5.74) is 1.77. The molecule has 0 spiro atoms. The highest BCUT2D eigenvalue weighted by atomic mass is 16.5. The average molecular weight is 330 g/mol. The summed E-state index contributed by atoms with van der Waals surface area (Å²) in [6, 6.07) is 3.73. The summed E-state index contributed by atoms with van der Waals surface area (Å²) in [4.78, 5) is 14.6. The normalized spacial score (nSPS) is 26.6. The van der Waals surface area contributed by atoms with E-state index in [0.29, 0.717) is 24.1 Å². The van der Waals surface area contributed by atoms with Crippen LogP contribution in [0.1, 0.15) is 16.1 Å². The van der Waals surface area contributed by atoms with Gasteiger partial charge >= 0.3 is 0 Å². The molecular formula is C17H22N4O3. The zero-order valence-electron chi connectivity index (χ0n) is 13.7. The zero-order valence-corrected chi connectivity index (χ0v) is 13.7. The van der Waals surface area contributed by atoms with Gasteiger partial charge in [-0.15, -0.1) is 0 Å². The molecule has 0 bridgehead atoms. The maximum Gasteiger partial charge on any atom is 0.269 e. The van der Waals surface area contributed by atoms with E-state index in [1.54, 1.807) is 36.5 Å². The van der Waals surface area contributed by atoms with Crippen molar-refractivity contribution < 1.29 is 13.9 Å². The van der Waals surface area contributed by atoms with Gasteiger partial charge in [-0.1, -0.05) is 0 Å². The summed E-state index contributed by atoms with van der Waals surface area (Å²) in [6.07, 6.45) is 5.41. The van der Waals surface area contributed by atoms with Crippen molar-refractivity contribution in [1.29, 1.82) is 0 Å². The Hall–Kier alpha value is -2.12. The largest absolute Gasteiger partial charge is 0.472 e. The molecule has 0 saturated carbocycles. The molecule has 2 fully saturated rings. The lowest BCUT2D eigenvalue weighted by atomic mass is 9.93. The van der Waals surface area contributed by atoms with Crippen molar-refractivity contribution in [1.82, 2.24) is 20.0 Å². The Kier molecular flexibility index (Phi) is 4.12. The number of ether oxygens (including phenoxy) is 1. The Balaban J connectivity index is 1.31. The van der Waals surface area contributed by atoms with Crippen LogP contribution in [0.15, 0.2) is 35.3 Å². The first-order valence-electron chi connectivity index (χ1n) is 8.32. The molecule has 128 valence electrons. The fourth-order valence-electron chi connectivity index (χ4n) is 3.77. The molecular weight excluding hydrogens is 308 g/mol. The van der Waals surface area contributed by atoms with Gasteiger partial charge in [-0.05, 0) is 12.1 Å². The van der Waals surface area contributed by atoms with Crippen molar-refractivity contribution in [2.75, 3.05) is 26.2 Å². The number of hydrogen-bond donors (Lipinski definition) is 1. The predicted octanol–water partition coefficient (Wildman–Crippen LogP) is 0.890. The number of carbonyl (C=O) groups excluding carboxylic acids is 1. The predicted molar refractivity (Wildman–Crippen MR) is 86.2 cm³/mol. The van der Waals surface area contributed by atoms with Gasteiger partial charge in [0.2, 0.25) is 0 Å². The smallest absolute Gasteiger partial charge is 0.269 e. The first-order chi connectivity index (χ1) is 11.7. The Morgan fingerprint density at radius 3 is 3.08 bits per heavy atom. The number of amides is 1. The molecule has 7 heteroatoms. The molecule has 0 aromatic carbocycles. The van der Waals surface area contributed by atoms with Gasteiger partial charge in [0, 0.05) is 56.8 Å². The summed E-state index contributed by atoms with van der Waals surface area (Å²) in [7, 11) is 1.77. The Morgan fingerprint density at radius 2 is 2.33 bits per heavy atom. The van der Waals surface area contributed by atoms with Gasteiger partial charge in [-0.2, -0.15) is 5.10 Å². The van der Waals surface area contributed by atoms with E-state index in [9.17, 15) is 4.79 Å². The van der Waals surface area contributed by atoms with Gasteiger partial charge in [-0.25, -0.2) is 0 Å². The van der Waals surface area contributed by atoms with Crippen LogP contribution in [-0.4, -0.2) is 52.9 Å². The minimum atomic E-state index is -0.0771. The van der Waals surface area contributed by atoms with Gasteiger partial charge in [0.15, 0.2) is 0 Å². The van der Waals surface area contributed by atoms with Crippen molar-refractivity contribution in [3.05, 3.63) is 42.1 Å². The highest BCUT2D eigenvalue weighted by Crippen LogP contribution is 2.34. The first kappa shape index (κ1) is 15.4. The molecule has 1 amide bonds. The Labute approximate surface area is 140 Å². The van der Waals surface area contributed by atoms with Crippen LogP contribution in [0.5, 0.6) is 0 Å². The van der Waals surface area contributed by atoms with Crippen LogP contribution >= 0.6 is 0 Å². The van der Waals surface area contributed by atoms with Gasteiger partial charge < -0.3 is 14.5 Å². The number of carbonyl (C=O) groups is 1. The van der Waals surface area contributed by atoms with E-state index >= 15 is 0 Å². The average Bonchev–Trinajstić information content (AvgIpc) is 3.31. The molecule has 4 rings (SSSR count). The van der Waals surface area contributed by atoms with Crippen molar-refractivity contribution >= 4 is 5.91 Å². The standard InChI is InChI=1S/C17H22N4O3/c1-20-15(2-4-19-20)17(22)18-6-13-11-24-16-9-21(8-14(13)16)7-12-3-5-23-10-12/h2-5,10,13-14,16H,6-9,11H2,1H3,(H,18,22)/t13-,14-,16-/m1/s1. The van der Waals surface area contributed by atoms with E-state index in [-0.39, 0.29) is 12.0 Å². The van der Waals surface area contributed by atoms with Crippen molar-refractivity contribution in [2.24, 2.45) is 18.9 Å². The number of furan rings is 1. The zero-order chi connectivity index (χ0) is 16.5. The van der Waals surface area contributed by atoms with Crippen molar-refractivity contribution in [3.8, 4) is 0 Å². The number of rotatable bonds is 5. The lowest BCUT2D eigenvalue weighted by molar-refractivity contribution is 0.0898. The summed E-state index contributed by atoms with van der Waals surface area (Å²) in [5, 5.41) is 7.06. The van der Waals surface area contributed by atoms with Crippen LogP contribution in [0.3, 0.4) is 0 Å². The van der Waals surface area contributed by atoms with Gasteiger partial charge in [0.25, 0.3) is 5.91 Å². The fourth-order valence-corrected chi connectivity index (χ4v) is 3.77. The molecule has 2 saturated heterocycles. The van der Waals surface area contributed by atoms with Crippen LogP contribution in [0.25, 0.3) is 0 Å². The lowest BCUT2D eigenvalue weighted by Crippen LogP contribution is -2.35. The minimum Gasteiger partial charge on any atom is -0.472 e. The van der Waals surface area contributed by atoms with E-state index < -0.39 is 0 Å². The van der Waals surface area contributed by atoms with E-state index in [2.05, 4.69) is 15.3 Å². The van der Waals surface area contributed by atoms with Gasteiger partial charge in [-0.3, -0.25) is 14.4 Å². The maximum absolute atomic E-state index is 12.2. The second-order valence-corrected chi connectivity index (χ2v) is 6.67. The molecule has 2 aliphatic heterocycles. The van der Waals surface area contributed by atoms with Crippen LogP contribution in [0.4, 0.5) is 0 Å². The van der Waals surface area contributed by atoms with Crippen molar-refractivity contribution in [2.45, 2.75) is 12.6 Å². The molecule has 24 heavy (non-hydrogen) atoms. The molecule has 4 heterocycles. The van der Waals surface area contributed by atoms with Crippen LogP contribution < -0.4 is 5.32 Å². The van der Waals surface area contributed by atoms with Crippen molar-refractivity contribution in [3.63, 3.8) is 0 Å². The van der Waals surface area contributed by atoms with Gasteiger partial charge in [0.1, 0.15) is 5.69 Å². The third-order valence-corrected chi connectivity index (χ3v) is 5.08. The molecule has 0 radical (unpaired) electrons. The van der Waals surface area contributed by atoms with Crippen LogP contribution in [-0.2, 0) is 18.3 Å². The number of fused-ring (bicyclic) bond motifs is 1. The number of nitrogens with zero attached hydrogens (tertiary/aromatic N) is 3. The molecule has 3 atom stereocenters. The molecule has 2 aromatic heterocycles. The second-order valence-electron chi connectivity index (χ2n) is 6.67.